The smallest absolute Gasteiger partial charge is 0.250 e. The Morgan fingerprint density at radius 2 is 2.14 bits per heavy atom. The van der Waals surface area contributed by atoms with E-state index in [4.69, 9.17) is 16.3 Å². The van der Waals surface area contributed by atoms with Crippen LogP contribution in [0.4, 0.5) is 15.8 Å². The number of ether oxygens (including phenoxy) is 1. The van der Waals surface area contributed by atoms with Gasteiger partial charge in [-0.25, -0.2) is 9.37 Å². The van der Waals surface area contributed by atoms with Gasteiger partial charge in [-0.1, -0.05) is 18.2 Å². The number of rotatable bonds is 4. The number of benzene rings is 1. The molecule has 35 heavy (non-hydrogen) atoms. The number of anilines is 2. The predicted octanol–water partition coefficient (Wildman–Crippen LogP) is 4.17. The van der Waals surface area contributed by atoms with Gasteiger partial charge in [0.15, 0.2) is 5.82 Å². The van der Waals surface area contributed by atoms with Crippen molar-refractivity contribution in [1.29, 1.82) is 0 Å². The molecule has 0 bridgehead atoms. The molecule has 5 rings (SSSR count). The average molecular weight is 567 g/mol. The Bertz CT molecular complexity index is 1230. The van der Waals surface area contributed by atoms with Gasteiger partial charge in [-0.2, -0.15) is 0 Å². The van der Waals surface area contributed by atoms with Gasteiger partial charge in [-0.15, -0.1) is 0 Å². The van der Waals surface area contributed by atoms with Crippen LogP contribution >= 0.6 is 27.5 Å². The first-order valence-corrected chi connectivity index (χ1v) is 12.8. The molecule has 11 heteroatoms. The highest BCUT2D eigenvalue weighted by atomic mass is 79.9. The largest absolute Gasteiger partial charge is 0.474 e. The van der Waals surface area contributed by atoms with Crippen molar-refractivity contribution >= 4 is 61.6 Å². The van der Waals surface area contributed by atoms with E-state index in [2.05, 4.69) is 43.0 Å². The molecule has 2 aromatic rings. The number of carbonyl (C=O) groups excluding carboxylic acids is 2. The molecule has 1 aromatic heterocycles. The summed E-state index contributed by atoms with van der Waals surface area (Å²) in [6.07, 6.45) is 4.12. The second kappa shape index (κ2) is 9.22. The van der Waals surface area contributed by atoms with Crippen molar-refractivity contribution in [1.82, 2.24) is 14.8 Å². The van der Waals surface area contributed by atoms with Gasteiger partial charge in [0.1, 0.15) is 23.3 Å². The van der Waals surface area contributed by atoms with Crippen molar-refractivity contribution in [2.24, 2.45) is 0 Å². The van der Waals surface area contributed by atoms with Crippen molar-refractivity contribution in [3.8, 4) is 5.88 Å². The van der Waals surface area contributed by atoms with Crippen LogP contribution in [0.1, 0.15) is 25.7 Å². The Balaban J connectivity index is 1.55. The van der Waals surface area contributed by atoms with Crippen LogP contribution in [0, 0.1) is 5.82 Å². The fourth-order valence-electron chi connectivity index (χ4n) is 5.12. The molecule has 2 fully saturated rings. The number of nitrogens with zero attached hydrogens (tertiary/aromatic N) is 3. The first-order chi connectivity index (χ1) is 16.7. The summed E-state index contributed by atoms with van der Waals surface area (Å²) in [5.41, 5.74) is 0.0169. The Labute approximate surface area is 215 Å². The number of pyridine rings is 1. The molecule has 2 N–H and O–H groups in total. The van der Waals surface area contributed by atoms with Crippen molar-refractivity contribution in [3.05, 3.63) is 34.0 Å². The lowest BCUT2D eigenvalue weighted by atomic mass is 9.84. The number of likely N-dealkylation sites (tertiary alicyclic amines) is 2. The SMILES string of the molecule is C=CC(=O)N1CCC2(CC1)Nc1c(c(OCC3CCCN3C)nc3c(F)c(Br)c(Cl)cc13)NC2=O. The van der Waals surface area contributed by atoms with E-state index in [1.54, 1.807) is 11.0 Å². The molecule has 2 saturated heterocycles. The van der Waals surface area contributed by atoms with Gasteiger partial charge < -0.3 is 25.2 Å². The van der Waals surface area contributed by atoms with E-state index in [9.17, 15) is 9.59 Å². The number of aromatic nitrogens is 1. The summed E-state index contributed by atoms with van der Waals surface area (Å²) in [6.45, 7) is 5.68. The fraction of sp³-hybridized carbons (Fsp3) is 0.458. The number of nitrogens with one attached hydrogen (secondary N) is 2. The molecule has 0 saturated carbocycles. The zero-order valence-electron chi connectivity index (χ0n) is 19.3. The lowest BCUT2D eigenvalue weighted by Crippen LogP contribution is -2.59. The van der Waals surface area contributed by atoms with Gasteiger partial charge in [-0.3, -0.25) is 9.59 Å². The third-order valence-corrected chi connectivity index (χ3v) is 8.61. The molecule has 0 aliphatic carbocycles. The van der Waals surface area contributed by atoms with Crippen molar-refractivity contribution < 1.29 is 18.7 Å². The topological polar surface area (TPSA) is 86.8 Å². The maximum atomic E-state index is 15.3. The summed E-state index contributed by atoms with van der Waals surface area (Å²) < 4.78 is 21.5. The van der Waals surface area contributed by atoms with Crippen LogP contribution in [0.15, 0.2) is 23.2 Å². The van der Waals surface area contributed by atoms with Gasteiger partial charge in [0.25, 0.3) is 0 Å². The molecule has 1 aromatic carbocycles. The molecule has 186 valence electrons. The van der Waals surface area contributed by atoms with Crippen molar-refractivity contribution in [3.63, 3.8) is 0 Å². The fourth-order valence-corrected chi connectivity index (χ4v) is 5.61. The highest BCUT2D eigenvalue weighted by Crippen LogP contribution is 2.47. The zero-order chi connectivity index (χ0) is 24.9. The molecule has 3 aliphatic rings. The molecule has 8 nitrogen and oxygen atoms in total. The number of hydrogen-bond donors (Lipinski definition) is 2. The van der Waals surface area contributed by atoms with E-state index in [1.165, 1.54) is 6.08 Å². The molecule has 4 heterocycles. The van der Waals surface area contributed by atoms with Crippen molar-refractivity contribution in [2.75, 3.05) is 43.9 Å². The minimum Gasteiger partial charge on any atom is -0.474 e. The lowest BCUT2D eigenvalue weighted by Gasteiger charge is -2.44. The molecule has 3 aliphatic heterocycles. The second-order valence-electron chi connectivity index (χ2n) is 9.33. The van der Waals surface area contributed by atoms with Crippen LogP contribution in [-0.2, 0) is 9.59 Å². The number of fused-ring (bicyclic) bond motifs is 3. The van der Waals surface area contributed by atoms with E-state index in [0.29, 0.717) is 49.3 Å². The zero-order valence-corrected chi connectivity index (χ0v) is 21.6. The maximum absolute atomic E-state index is 15.3. The highest BCUT2D eigenvalue weighted by molar-refractivity contribution is 9.10. The average Bonchev–Trinajstić information content (AvgIpc) is 3.27. The quantitative estimate of drug-likeness (QED) is 0.427. The van der Waals surface area contributed by atoms with Crippen LogP contribution in [0.5, 0.6) is 5.88 Å². The molecule has 0 radical (unpaired) electrons. The normalized spacial score (nSPS) is 21.5. The van der Waals surface area contributed by atoms with Crippen LogP contribution in [0.3, 0.4) is 0 Å². The number of likely N-dealkylation sites (N-methyl/N-ethyl adjacent to an activating group) is 1. The predicted molar refractivity (Wildman–Crippen MR) is 137 cm³/mol. The van der Waals surface area contributed by atoms with Crippen molar-refractivity contribution in [2.45, 2.75) is 37.3 Å². The Morgan fingerprint density at radius 1 is 1.40 bits per heavy atom. The number of hydrogen-bond acceptors (Lipinski definition) is 6. The van der Waals surface area contributed by atoms with Crippen LogP contribution in [0.2, 0.25) is 5.02 Å². The lowest BCUT2D eigenvalue weighted by molar-refractivity contribution is -0.130. The number of piperidine rings is 1. The van der Waals surface area contributed by atoms with E-state index in [-0.39, 0.29) is 38.7 Å². The van der Waals surface area contributed by atoms with Gasteiger partial charge in [0.05, 0.1) is 15.2 Å². The molecule has 1 spiro atoms. The summed E-state index contributed by atoms with van der Waals surface area (Å²) in [7, 11) is 2.04. The maximum Gasteiger partial charge on any atom is 0.250 e. The number of carbonyl (C=O) groups is 2. The molecule has 2 amide bonds. The van der Waals surface area contributed by atoms with Gasteiger partial charge in [-0.05, 0) is 67.3 Å². The summed E-state index contributed by atoms with van der Waals surface area (Å²) in [5, 5.41) is 7.00. The number of halogens is 3. The second-order valence-corrected chi connectivity index (χ2v) is 10.5. The first kappa shape index (κ1) is 24.3. The van der Waals surface area contributed by atoms with Gasteiger partial charge >= 0.3 is 0 Å². The summed E-state index contributed by atoms with van der Waals surface area (Å²) in [4.78, 5) is 33.8. The molecular formula is C24H26BrClFN5O3. The summed E-state index contributed by atoms with van der Waals surface area (Å²) in [6, 6.07) is 1.84. The highest BCUT2D eigenvalue weighted by Gasteiger charge is 2.46. The Hall–Kier alpha value is -2.43. The summed E-state index contributed by atoms with van der Waals surface area (Å²) in [5.74, 6) is -0.839. The van der Waals surface area contributed by atoms with E-state index in [1.807, 2.05) is 7.05 Å². The van der Waals surface area contributed by atoms with E-state index >= 15 is 4.39 Å². The Kier molecular flexibility index (Phi) is 6.39. The molecule has 1 unspecified atom stereocenters. The minimum absolute atomic E-state index is 0.0906. The number of amides is 2. The van der Waals surface area contributed by atoms with Crippen LogP contribution in [0.25, 0.3) is 10.9 Å². The Morgan fingerprint density at radius 3 is 2.80 bits per heavy atom. The first-order valence-electron chi connectivity index (χ1n) is 11.6. The van der Waals surface area contributed by atoms with Gasteiger partial charge in [0, 0.05) is 24.5 Å². The van der Waals surface area contributed by atoms with E-state index in [0.717, 1.165) is 19.4 Å². The molecular weight excluding hydrogens is 541 g/mol. The third-order valence-electron chi connectivity index (χ3n) is 7.31. The third kappa shape index (κ3) is 4.15. The van der Waals surface area contributed by atoms with Crippen LogP contribution < -0.4 is 15.4 Å². The summed E-state index contributed by atoms with van der Waals surface area (Å²) >= 11 is 9.49. The van der Waals surface area contributed by atoms with Crippen LogP contribution in [-0.4, -0.2) is 71.5 Å². The minimum atomic E-state index is -0.960. The van der Waals surface area contributed by atoms with Gasteiger partial charge in [0.2, 0.25) is 17.7 Å². The van der Waals surface area contributed by atoms with E-state index < -0.39 is 11.4 Å². The standard InChI is InChI=1S/C24H26BrClFN5O3/c1-3-16(33)32-9-6-24(7-10-32)23(34)29-21-20(30-24)14-11-15(26)17(25)18(27)19(14)28-22(21)35-12-13-5-4-8-31(13)2/h3,11,13,30H,1,4-10,12H2,2H3,(H,29,34). The monoisotopic (exact) mass is 565 g/mol. The molecule has 1 atom stereocenters.